The third kappa shape index (κ3) is 5.01. The number of hydrogen-bond donors (Lipinski definition) is 4. The van der Waals surface area contributed by atoms with E-state index < -0.39 is 27.4 Å². The molecule has 2 amide bonds. The van der Waals surface area contributed by atoms with Crippen molar-refractivity contribution < 1.29 is 22.5 Å². The fourth-order valence-corrected chi connectivity index (χ4v) is 5.15. The first kappa shape index (κ1) is 25.2. The van der Waals surface area contributed by atoms with Gasteiger partial charge in [-0.25, -0.2) is 13.2 Å². The molecule has 5 aromatic rings. The van der Waals surface area contributed by atoms with Crippen LogP contribution in [0.15, 0.2) is 85.4 Å². The van der Waals surface area contributed by atoms with Crippen molar-refractivity contribution in [1.82, 2.24) is 15.1 Å². The van der Waals surface area contributed by atoms with Crippen LogP contribution in [-0.2, 0) is 9.84 Å². The van der Waals surface area contributed by atoms with Gasteiger partial charge < -0.3 is 15.6 Å². The second kappa shape index (κ2) is 9.76. The van der Waals surface area contributed by atoms with E-state index in [9.17, 15) is 22.8 Å². The highest BCUT2D eigenvalue weighted by molar-refractivity contribution is 9.10. The molecular weight excluding hydrogens is 578 g/mol. The molecule has 38 heavy (non-hydrogen) atoms. The molecule has 0 saturated heterocycles. The van der Waals surface area contributed by atoms with E-state index >= 15 is 0 Å². The second-order valence-corrected chi connectivity index (χ2v) is 11.2. The minimum absolute atomic E-state index is 0.00481. The van der Waals surface area contributed by atoms with Crippen LogP contribution >= 0.6 is 15.9 Å². The highest BCUT2D eigenvalue weighted by atomic mass is 79.9. The standard InChI is InChI=1S/C25H18BrN5O6S/c1-38(35,36)20-8-3-2-6-15(20)23(32)29-18-7-4-5-13-11-19(27-21(13)18)24(33)28-17-10-9-14(26)12-16(17)22-30-25(34)37-31-22/h2-12,27H,1H3,(H,28,33)(H,29,32)(H,30,31,34). The summed E-state index contributed by atoms with van der Waals surface area (Å²) < 4.78 is 29.5. The van der Waals surface area contributed by atoms with E-state index in [2.05, 4.69) is 46.2 Å². The van der Waals surface area contributed by atoms with Crippen LogP contribution < -0.4 is 16.4 Å². The zero-order chi connectivity index (χ0) is 27.0. The van der Waals surface area contributed by atoms with Gasteiger partial charge in [0, 0.05) is 21.7 Å². The summed E-state index contributed by atoms with van der Waals surface area (Å²) >= 11 is 3.36. The van der Waals surface area contributed by atoms with Crippen LogP contribution in [0.1, 0.15) is 20.8 Å². The molecule has 0 saturated carbocycles. The van der Waals surface area contributed by atoms with Gasteiger partial charge in [0.1, 0.15) is 5.69 Å². The fraction of sp³-hybridized carbons (Fsp3) is 0.0400. The van der Waals surface area contributed by atoms with Crippen LogP contribution in [0.3, 0.4) is 0 Å². The summed E-state index contributed by atoms with van der Waals surface area (Å²) in [5, 5.41) is 9.84. The second-order valence-electron chi connectivity index (χ2n) is 8.26. The minimum atomic E-state index is -3.63. The highest BCUT2D eigenvalue weighted by Crippen LogP contribution is 2.30. The number of hydrogen-bond acceptors (Lipinski definition) is 7. The number of sulfone groups is 1. The number of aromatic nitrogens is 3. The van der Waals surface area contributed by atoms with Gasteiger partial charge in [-0.1, -0.05) is 45.4 Å². The predicted octanol–water partition coefficient (Wildman–Crippen LogP) is 4.18. The number of benzene rings is 3. The number of para-hydroxylation sites is 1. The van der Waals surface area contributed by atoms with Gasteiger partial charge in [0.2, 0.25) is 0 Å². The molecule has 0 fully saturated rings. The van der Waals surface area contributed by atoms with Gasteiger partial charge >= 0.3 is 5.76 Å². The monoisotopic (exact) mass is 595 g/mol. The Bertz CT molecular complexity index is 1890. The van der Waals surface area contributed by atoms with Gasteiger partial charge in [-0.2, -0.15) is 0 Å². The number of fused-ring (bicyclic) bond motifs is 1. The topological polar surface area (TPSA) is 167 Å². The highest BCUT2D eigenvalue weighted by Gasteiger charge is 2.20. The number of H-pyrrole nitrogens is 2. The first-order valence-electron chi connectivity index (χ1n) is 11.0. The van der Waals surface area contributed by atoms with Gasteiger partial charge in [0.05, 0.1) is 27.4 Å². The molecule has 0 aliphatic carbocycles. The van der Waals surface area contributed by atoms with Crippen molar-refractivity contribution in [2.75, 3.05) is 16.9 Å². The Morgan fingerprint density at radius 2 is 1.68 bits per heavy atom. The molecule has 13 heteroatoms. The molecule has 0 aliphatic heterocycles. The number of nitrogens with zero attached hydrogens (tertiary/aromatic N) is 1. The lowest BCUT2D eigenvalue weighted by Gasteiger charge is -2.10. The summed E-state index contributed by atoms with van der Waals surface area (Å²) in [7, 11) is -3.63. The number of amides is 2. The summed E-state index contributed by atoms with van der Waals surface area (Å²) in [4.78, 5) is 42.9. The lowest BCUT2D eigenvalue weighted by molar-refractivity contribution is 0.101. The molecule has 0 radical (unpaired) electrons. The lowest BCUT2D eigenvalue weighted by Crippen LogP contribution is -2.16. The molecule has 2 aromatic heterocycles. The van der Waals surface area contributed by atoms with E-state index in [1.807, 2.05) is 0 Å². The molecule has 11 nitrogen and oxygen atoms in total. The van der Waals surface area contributed by atoms with Gasteiger partial charge in [0.15, 0.2) is 15.7 Å². The maximum Gasteiger partial charge on any atom is 0.439 e. The van der Waals surface area contributed by atoms with Gasteiger partial charge in [-0.05, 0) is 42.5 Å². The van der Waals surface area contributed by atoms with E-state index in [0.29, 0.717) is 32.3 Å². The fourth-order valence-electron chi connectivity index (χ4n) is 3.91. The first-order valence-corrected chi connectivity index (χ1v) is 13.7. The number of halogens is 1. The molecule has 4 N–H and O–H groups in total. The average Bonchev–Trinajstić information content (AvgIpc) is 3.51. The molecular formula is C25H18BrN5O6S. The number of nitrogens with one attached hydrogen (secondary N) is 4. The van der Waals surface area contributed by atoms with E-state index in [0.717, 1.165) is 6.26 Å². The Kier molecular flexibility index (Phi) is 6.46. The van der Waals surface area contributed by atoms with Crippen LogP contribution in [0, 0.1) is 0 Å². The number of carbonyl (C=O) groups is 2. The molecule has 0 atom stereocenters. The summed E-state index contributed by atoms with van der Waals surface area (Å²) in [5.41, 5.74) is 1.82. The van der Waals surface area contributed by atoms with Gasteiger partial charge in [-0.3, -0.25) is 19.1 Å². The Labute approximate surface area is 223 Å². The summed E-state index contributed by atoms with van der Waals surface area (Å²) in [6.45, 7) is 0. The maximum absolute atomic E-state index is 13.1. The summed E-state index contributed by atoms with van der Waals surface area (Å²) in [6.07, 6.45) is 1.03. The molecule has 192 valence electrons. The third-order valence-corrected chi connectivity index (χ3v) is 7.25. The Morgan fingerprint density at radius 3 is 2.42 bits per heavy atom. The van der Waals surface area contributed by atoms with Crippen molar-refractivity contribution in [2.24, 2.45) is 0 Å². The molecule has 3 aromatic carbocycles. The van der Waals surface area contributed by atoms with Crippen molar-refractivity contribution >= 4 is 59.9 Å². The largest absolute Gasteiger partial charge is 0.439 e. The normalized spacial score (nSPS) is 11.4. The van der Waals surface area contributed by atoms with Crippen molar-refractivity contribution in [3.8, 4) is 11.4 Å². The zero-order valence-corrected chi connectivity index (χ0v) is 21.9. The van der Waals surface area contributed by atoms with Crippen LogP contribution in [0.2, 0.25) is 0 Å². The molecule has 0 bridgehead atoms. The Balaban J connectivity index is 1.45. The minimum Gasteiger partial charge on any atom is -0.349 e. The molecule has 0 unspecified atom stereocenters. The predicted molar refractivity (Wildman–Crippen MR) is 144 cm³/mol. The van der Waals surface area contributed by atoms with Crippen LogP contribution in [0.25, 0.3) is 22.3 Å². The van der Waals surface area contributed by atoms with Gasteiger partial charge in [0.25, 0.3) is 11.8 Å². The number of aromatic amines is 2. The SMILES string of the molecule is CS(=O)(=O)c1ccccc1C(=O)Nc1cccc2cc(C(=O)Nc3ccc(Br)cc3-c3noc(=O)[nH]3)[nH]c12. The first-order chi connectivity index (χ1) is 18.1. The molecule has 0 spiro atoms. The lowest BCUT2D eigenvalue weighted by atomic mass is 10.1. The zero-order valence-electron chi connectivity index (χ0n) is 19.5. The average molecular weight is 596 g/mol. The van der Waals surface area contributed by atoms with Crippen molar-refractivity contribution in [3.05, 3.63) is 93.0 Å². The smallest absolute Gasteiger partial charge is 0.349 e. The number of anilines is 2. The number of rotatable bonds is 6. The van der Waals surface area contributed by atoms with E-state index in [-0.39, 0.29) is 22.0 Å². The molecule has 0 aliphatic rings. The summed E-state index contributed by atoms with van der Waals surface area (Å²) in [5.74, 6) is -1.69. The van der Waals surface area contributed by atoms with E-state index in [1.54, 1.807) is 54.6 Å². The van der Waals surface area contributed by atoms with Crippen molar-refractivity contribution in [1.29, 1.82) is 0 Å². The molecule has 5 rings (SSSR count). The molecule has 2 heterocycles. The van der Waals surface area contributed by atoms with Crippen LogP contribution in [-0.4, -0.2) is 41.6 Å². The Hall–Kier alpha value is -4.49. The van der Waals surface area contributed by atoms with Crippen LogP contribution in [0.5, 0.6) is 0 Å². The van der Waals surface area contributed by atoms with Gasteiger partial charge in [-0.15, -0.1) is 0 Å². The third-order valence-electron chi connectivity index (χ3n) is 5.61. The summed E-state index contributed by atoms with van der Waals surface area (Å²) in [6, 6.07) is 17.6. The van der Waals surface area contributed by atoms with E-state index in [4.69, 9.17) is 0 Å². The quantitative estimate of drug-likeness (QED) is 0.228. The van der Waals surface area contributed by atoms with Crippen molar-refractivity contribution in [3.63, 3.8) is 0 Å². The number of carbonyl (C=O) groups excluding carboxylic acids is 2. The van der Waals surface area contributed by atoms with Crippen molar-refractivity contribution in [2.45, 2.75) is 4.90 Å². The van der Waals surface area contributed by atoms with E-state index in [1.165, 1.54) is 12.1 Å². The maximum atomic E-state index is 13.1. The van der Waals surface area contributed by atoms with Crippen LogP contribution in [0.4, 0.5) is 11.4 Å². The Morgan fingerprint density at radius 1 is 0.921 bits per heavy atom.